The van der Waals surface area contributed by atoms with E-state index < -0.39 is 6.23 Å². The quantitative estimate of drug-likeness (QED) is 0.318. The van der Waals surface area contributed by atoms with Crippen LogP contribution >= 0.6 is 0 Å². The van der Waals surface area contributed by atoms with Crippen LogP contribution < -0.4 is 5.32 Å². The number of aliphatic hydroxyl groups is 2. The second-order valence-electron chi connectivity index (χ2n) is 5.70. The first-order chi connectivity index (χ1) is 10.1. The second-order valence-corrected chi connectivity index (χ2v) is 5.70. The van der Waals surface area contributed by atoms with E-state index in [1.54, 1.807) is 0 Å². The lowest BCUT2D eigenvalue weighted by molar-refractivity contribution is 0.0267. The Morgan fingerprint density at radius 2 is 1.57 bits per heavy atom. The average Bonchev–Trinajstić information content (AvgIpc) is 2.45. The number of ether oxygens (including phenoxy) is 2. The summed E-state index contributed by atoms with van der Waals surface area (Å²) in [4.78, 5) is 0. The van der Waals surface area contributed by atoms with Crippen LogP contribution in [-0.4, -0.2) is 55.5 Å². The van der Waals surface area contributed by atoms with Gasteiger partial charge in [0.1, 0.15) is 6.23 Å². The minimum absolute atomic E-state index is 0.234. The van der Waals surface area contributed by atoms with Crippen molar-refractivity contribution in [2.75, 3.05) is 33.0 Å². The third-order valence-corrected chi connectivity index (χ3v) is 3.55. The molecular formula is C16H35NO4. The molecule has 0 saturated heterocycles. The summed E-state index contributed by atoms with van der Waals surface area (Å²) in [7, 11) is 0. The van der Waals surface area contributed by atoms with E-state index in [4.69, 9.17) is 9.47 Å². The zero-order valence-electron chi connectivity index (χ0n) is 14.0. The molecule has 5 nitrogen and oxygen atoms in total. The first-order valence-electron chi connectivity index (χ1n) is 8.32. The predicted octanol–water partition coefficient (Wildman–Crippen LogP) is 1.91. The Bertz CT molecular complexity index is 214. The number of rotatable bonds is 15. The van der Waals surface area contributed by atoms with Crippen molar-refractivity contribution in [3.8, 4) is 0 Å². The maximum Gasteiger partial charge on any atom is 0.107 e. The van der Waals surface area contributed by atoms with E-state index in [0.29, 0.717) is 32.2 Å². The van der Waals surface area contributed by atoms with Crippen molar-refractivity contribution in [3.05, 3.63) is 0 Å². The van der Waals surface area contributed by atoms with Crippen LogP contribution in [-0.2, 0) is 9.47 Å². The van der Waals surface area contributed by atoms with Crippen molar-refractivity contribution >= 4 is 0 Å². The molecule has 128 valence electrons. The lowest BCUT2D eigenvalue weighted by Gasteiger charge is -2.15. The zero-order valence-corrected chi connectivity index (χ0v) is 14.0. The molecule has 0 aliphatic heterocycles. The van der Waals surface area contributed by atoms with Crippen LogP contribution in [0.1, 0.15) is 52.9 Å². The van der Waals surface area contributed by atoms with E-state index in [1.165, 1.54) is 0 Å². The molecule has 0 bridgehead atoms. The molecule has 0 aromatic heterocycles. The number of hydrogen-bond donors (Lipinski definition) is 3. The number of unbranched alkanes of at least 4 members (excludes halogenated alkanes) is 1. The van der Waals surface area contributed by atoms with E-state index in [-0.39, 0.29) is 6.10 Å². The SMILES string of the molecule is CCCOCCOCCC(O)NCCCC[C@@H](C)C(C)O. The Labute approximate surface area is 130 Å². The van der Waals surface area contributed by atoms with Gasteiger partial charge in [0.05, 0.1) is 25.9 Å². The maximum absolute atomic E-state index is 9.72. The highest BCUT2D eigenvalue weighted by atomic mass is 16.5. The summed E-state index contributed by atoms with van der Waals surface area (Å²) in [5.74, 6) is 0.346. The van der Waals surface area contributed by atoms with Crippen LogP contribution in [0.3, 0.4) is 0 Å². The van der Waals surface area contributed by atoms with Gasteiger partial charge < -0.3 is 19.7 Å². The van der Waals surface area contributed by atoms with Crippen LogP contribution in [0.15, 0.2) is 0 Å². The highest BCUT2D eigenvalue weighted by Gasteiger charge is 2.08. The molecule has 3 N–H and O–H groups in total. The second kappa shape index (κ2) is 14.7. The molecule has 21 heavy (non-hydrogen) atoms. The predicted molar refractivity (Wildman–Crippen MR) is 85.3 cm³/mol. The fourth-order valence-corrected chi connectivity index (χ4v) is 1.86. The van der Waals surface area contributed by atoms with E-state index in [0.717, 1.165) is 38.8 Å². The van der Waals surface area contributed by atoms with Gasteiger partial charge in [0.2, 0.25) is 0 Å². The van der Waals surface area contributed by atoms with Crippen LogP contribution in [0.4, 0.5) is 0 Å². The summed E-state index contributed by atoms with van der Waals surface area (Å²) in [6, 6.07) is 0. The van der Waals surface area contributed by atoms with Gasteiger partial charge >= 0.3 is 0 Å². The molecule has 2 unspecified atom stereocenters. The van der Waals surface area contributed by atoms with Gasteiger partial charge in [0.25, 0.3) is 0 Å². The third kappa shape index (κ3) is 14.5. The van der Waals surface area contributed by atoms with Gasteiger partial charge in [-0.1, -0.05) is 20.3 Å². The molecule has 0 radical (unpaired) electrons. The Hall–Kier alpha value is -0.200. The number of hydrogen-bond acceptors (Lipinski definition) is 5. The molecule has 0 rings (SSSR count). The Morgan fingerprint density at radius 1 is 0.905 bits per heavy atom. The van der Waals surface area contributed by atoms with Crippen molar-refractivity contribution in [1.29, 1.82) is 0 Å². The summed E-state index contributed by atoms with van der Waals surface area (Å²) >= 11 is 0. The average molecular weight is 305 g/mol. The standard InChI is InChI=1S/C16H35NO4/c1-4-10-20-12-13-21-11-8-16(19)17-9-6-5-7-14(2)15(3)18/h14-19H,4-13H2,1-3H3/t14-,15?,16?/m1/s1. The van der Waals surface area contributed by atoms with Gasteiger partial charge in [0, 0.05) is 13.0 Å². The Morgan fingerprint density at radius 3 is 2.19 bits per heavy atom. The molecule has 0 fully saturated rings. The van der Waals surface area contributed by atoms with Crippen molar-refractivity contribution in [2.45, 2.75) is 65.2 Å². The highest BCUT2D eigenvalue weighted by Crippen LogP contribution is 2.11. The first kappa shape index (κ1) is 20.8. The van der Waals surface area contributed by atoms with Gasteiger partial charge in [-0.3, -0.25) is 5.32 Å². The minimum atomic E-state index is -0.504. The lowest BCUT2D eigenvalue weighted by Crippen LogP contribution is -2.31. The molecule has 0 aliphatic rings. The molecule has 0 saturated carbocycles. The minimum Gasteiger partial charge on any atom is -0.393 e. The van der Waals surface area contributed by atoms with Gasteiger partial charge in [-0.05, 0) is 38.6 Å². The summed E-state index contributed by atoms with van der Waals surface area (Å²) in [6.07, 6.45) is 3.99. The highest BCUT2D eigenvalue weighted by molar-refractivity contribution is 4.60. The monoisotopic (exact) mass is 305 g/mol. The molecule has 0 amide bonds. The topological polar surface area (TPSA) is 71.0 Å². The molecule has 3 atom stereocenters. The number of aliphatic hydroxyl groups excluding tert-OH is 2. The Balaban J connectivity index is 3.25. The van der Waals surface area contributed by atoms with Crippen molar-refractivity contribution in [2.24, 2.45) is 5.92 Å². The van der Waals surface area contributed by atoms with Gasteiger partial charge in [0.15, 0.2) is 0 Å². The summed E-state index contributed by atoms with van der Waals surface area (Å²) in [5.41, 5.74) is 0. The molecule has 0 heterocycles. The fourth-order valence-electron chi connectivity index (χ4n) is 1.86. The maximum atomic E-state index is 9.72. The van der Waals surface area contributed by atoms with Gasteiger partial charge in [-0.25, -0.2) is 0 Å². The zero-order chi connectivity index (χ0) is 15.9. The van der Waals surface area contributed by atoms with Crippen molar-refractivity contribution in [3.63, 3.8) is 0 Å². The first-order valence-corrected chi connectivity index (χ1v) is 8.32. The van der Waals surface area contributed by atoms with Crippen LogP contribution in [0.2, 0.25) is 0 Å². The lowest BCUT2D eigenvalue weighted by atomic mass is 9.99. The smallest absolute Gasteiger partial charge is 0.107 e. The fraction of sp³-hybridized carbons (Fsp3) is 1.00. The molecular weight excluding hydrogens is 270 g/mol. The Kier molecular flexibility index (Phi) is 14.6. The molecule has 0 aromatic carbocycles. The molecule has 0 aromatic rings. The largest absolute Gasteiger partial charge is 0.393 e. The van der Waals surface area contributed by atoms with E-state index >= 15 is 0 Å². The van der Waals surface area contributed by atoms with Gasteiger partial charge in [-0.2, -0.15) is 0 Å². The normalized spacial score (nSPS) is 15.9. The summed E-state index contributed by atoms with van der Waals surface area (Å²) in [5, 5.41) is 22.2. The molecule has 0 aliphatic carbocycles. The van der Waals surface area contributed by atoms with E-state index in [1.807, 2.05) is 6.92 Å². The summed E-state index contributed by atoms with van der Waals surface area (Å²) < 4.78 is 10.7. The molecule has 0 spiro atoms. The van der Waals surface area contributed by atoms with Crippen LogP contribution in [0.5, 0.6) is 0 Å². The molecule has 5 heteroatoms. The van der Waals surface area contributed by atoms with Crippen LogP contribution in [0.25, 0.3) is 0 Å². The summed E-state index contributed by atoms with van der Waals surface area (Å²) in [6.45, 7) is 9.31. The van der Waals surface area contributed by atoms with Crippen molar-refractivity contribution in [1.82, 2.24) is 5.32 Å². The third-order valence-electron chi connectivity index (χ3n) is 3.55. The van der Waals surface area contributed by atoms with Crippen molar-refractivity contribution < 1.29 is 19.7 Å². The van der Waals surface area contributed by atoms with Gasteiger partial charge in [-0.15, -0.1) is 0 Å². The van der Waals surface area contributed by atoms with E-state index in [9.17, 15) is 10.2 Å². The van der Waals surface area contributed by atoms with Crippen LogP contribution in [0, 0.1) is 5.92 Å². The van der Waals surface area contributed by atoms with E-state index in [2.05, 4.69) is 19.2 Å². The number of nitrogens with one attached hydrogen (secondary N) is 1.